The van der Waals surface area contributed by atoms with Gasteiger partial charge in [0, 0.05) is 49.8 Å². The summed E-state index contributed by atoms with van der Waals surface area (Å²) in [7, 11) is 4.26. The van der Waals surface area contributed by atoms with Crippen LogP contribution in [-0.2, 0) is 7.05 Å². The van der Waals surface area contributed by atoms with E-state index in [9.17, 15) is 0 Å². The lowest BCUT2D eigenvalue weighted by Crippen LogP contribution is -2.43. The first-order valence-electron chi connectivity index (χ1n) is 6.33. The summed E-state index contributed by atoms with van der Waals surface area (Å²) < 4.78 is 2.17. The molecule has 0 spiro atoms. The van der Waals surface area contributed by atoms with Crippen molar-refractivity contribution >= 4 is 22.5 Å². The highest BCUT2D eigenvalue weighted by molar-refractivity contribution is 6.35. The number of rotatable bonds is 1. The highest BCUT2D eigenvalue weighted by Gasteiger charge is 2.24. The lowest BCUT2D eigenvalue weighted by Gasteiger charge is -2.33. The lowest BCUT2D eigenvalue weighted by atomic mass is 10.0. The Labute approximate surface area is 112 Å². The highest BCUT2D eigenvalue weighted by atomic mass is 35.5. The van der Waals surface area contributed by atoms with Gasteiger partial charge in [0.05, 0.1) is 5.02 Å². The van der Waals surface area contributed by atoms with E-state index in [1.165, 1.54) is 16.5 Å². The predicted molar refractivity (Wildman–Crippen MR) is 76.2 cm³/mol. The molecule has 1 unspecified atom stereocenters. The first kappa shape index (κ1) is 12.0. The van der Waals surface area contributed by atoms with Crippen molar-refractivity contribution < 1.29 is 0 Å². The zero-order valence-electron chi connectivity index (χ0n) is 10.8. The largest absolute Gasteiger partial charge is 0.350 e. The van der Waals surface area contributed by atoms with E-state index >= 15 is 0 Å². The van der Waals surface area contributed by atoms with Gasteiger partial charge in [0.15, 0.2) is 0 Å². The zero-order chi connectivity index (χ0) is 12.7. The number of piperazine rings is 1. The quantitative estimate of drug-likeness (QED) is 0.853. The third kappa shape index (κ3) is 1.83. The van der Waals surface area contributed by atoms with Crippen LogP contribution in [0.25, 0.3) is 10.9 Å². The van der Waals surface area contributed by atoms with E-state index in [1.54, 1.807) is 0 Å². The molecule has 1 fully saturated rings. The fraction of sp³-hybridized carbons (Fsp3) is 0.429. The van der Waals surface area contributed by atoms with Gasteiger partial charge in [0.2, 0.25) is 0 Å². The fourth-order valence-electron chi connectivity index (χ4n) is 2.84. The van der Waals surface area contributed by atoms with Gasteiger partial charge in [0.1, 0.15) is 0 Å². The molecule has 0 radical (unpaired) electrons. The molecule has 0 saturated carbocycles. The minimum Gasteiger partial charge on any atom is -0.350 e. The van der Waals surface area contributed by atoms with E-state index < -0.39 is 0 Å². The first-order chi connectivity index (χ1) is 8.68. The summed E-state index contributed by atoms with van der Waals surface area (Å²) in [5.74, 6) is 0. The van der Waals surface area contributed by atoms with Crippen LogP contribution >= 0.6 is 11.6 Å². The molecule has 0 amide bonds. The first-order valence-corrected chi connectivity index (χ1v) is 6.70. The number of nitrogens with zero attached hydrogens (tertiary/aromatic N) is 2. The molecule has 1 aliphatic heterocycles. The van der Waals surface area contributed by atoms with Crippen molar-refractivity contribution in [2.45, 2.75) is 6.04 Å². The summed E-state index contributed by atoms with van der Waals surface area (Å²) in [6.45, 7) is 3.12. The Morgan fingerprint density at radius 1 is 1.33 bits per heavy atom. The molecule has 0 aliphatic carbocycles. The van der Waals surface area contributed by atoms with Gasteiger partial charge < -0.3 is 9.88 Å². The van der Waals surface area contributed by atoms with Gasteiger partial charge in [-0.3, -0.25) is 4.90 Å². The number of likely N-dealkylation sites (N-methyl/N-ethyl adjacent to an activating group) is 1. The topological polar surface area (TPSA) is 20.2 Å². The van der Waals surface area contributed by atoms with Crippen LogP contribution in [0.15, 0.2) is 24.4 Å². The summed E-state index contributed by atoms with van der Waals surface area (Å²) in [5.41, 5.74) is 2.53. The Kier molecular flexibility index (Phi) is 3.06. The lowest BCUT2D eigenvalue weighted by molar-refractivity contribution is 0.203. The number of benzene rings is 1. The molecule has 4 heteroatoms. The number of halogens is 1. The molecule has 1 atom stereocenters. The standard InChI is InChI=1S/C14H18ClN3/c1-17-7-6-16-8-13(17)10-9-18(2)12-5-3-4-11(15)14(10)12/h3-5,9,13,16H,6-8H2,1-2H3. The molecule has 1 aromatic carbocycles. The molecule has 3 rings (SSSR count). The Hall–Kier alpha value is -1.03. The maximum atomic E-state index is 6.39. The Balaban J connectivity index is 2.16. The van der Waals surface area contributed by atoms with Crippen LogP contribution < -0.4 is 5.32 Å². The SMILES string of the molecule is CN1CCNCC1c1cn(C)c2cccc(Cl)c12. The number of fused-ring (bicyclic) bond motifs is 1. The predicted octanol–water partition coefficient (Wildman–Crippen LogP) is 2.41. The van der Waals surface area contributed by atoms with Crippen LogP contribution in [0.2, 0.25) is 5.02 Å². The molecule has 96 valence electrons. The van der Waals surface area contributed by atoms with Gasteiger partial charge in [-0.1, -0.05) is 17.7 Å². The number of hydrogen-bond acceptors (Lipinski definition) is 2. The number of aromatic nitrogens is 1. The fourth-order valence-corrected chi connectivity index (χ4v) is 3.12. The smallest absolute Gasteiger partial charge is 0.0503 e. The van der Waals surface area contributed by atoms with Crippen molar-refractivity contribution in [2.24, 2.45) is 7.05 Å². The van der Waals surface area contributed by atoms with E-state index in [-0.39, 0.29) is 0 Å². The van der Waals surface area contributed by atoms with Crippen LogP contribution in [-0.4, -0.2) is 36.1 Å². The molecule has 3 nitrogen and oxygen atoms in total. The van der Waals surface area contributed by atoms with Crippen LogP contribution in [0, 0.1) is 0 Å². The Bertz CT molecular complexity index is 576. The Morgan fingerprint density at radius 3 is 2.94 bits per heavy atom. The summed E-state index contributed by atoms with van der Waals surface area (Å²) >= 11 is 6.39. The van der Waals surface area contributed by atoms with E-state index in [1.807, 2.05) is 12.1 Å². The number of hydrogen-bond donors (Lipinski definition) is 1. The number of nitrogens with one attached hydrogen (secondary N) is 1. The van der Waals surface area contributed by atoms with Crippen molar-refractivity contribution in [1.29, 1.82) is 0 Å². The number of aryl methyl sites for hydroxylation is 1. The maximum Gasteiger partial charge on any atom is 0.0503 e. The molecule has 1 saturated heterocycles. The van der Waals surface area contributed by atoms with Crippen LogP contribution in [0.1, 0.15) is 11.6 Å². The van der Waals surface area contributed by atoms with Gasteiger partial charge in [-0.2, -0.15) is 0 Å². The molecular weight excluding hydrogens is 246 g/mol. The van der Waals surface area contributed by atoms with Crippen LogP contribution in [0.5, 0.6) is 0 Å². The summed E-state index contributed by atoms with van der Waals surface area (Å²) in [6.07, 6.45) is 2.21. The van der Waals surface area contributed by atoms with E-state index in [0.717, 1.165) is 24.7 Å². The van der Waals surface area contributed by atoms with Gasteiger partial charge in [-0.25, -0.2) is 0 Å². The normalized spacial score (nSPS) is 21.6. The van der Waals surface area contributed by atoms with E-state index in [4.69, 9.17) is 11.6 Å². The Morgan fingerprint density at radius 2 is 2.17 bits per heavy atom. The van der Waals surface area contributed by atoms with Crippen LogP contribution in [0.4, 0.5) is 0 Å². The van der Waals surface area contributed by atoms with Crippen molar-refractivity contribution in [3.8, 4) is 0 Å². The minimum absolute atomic E-state index is 0.405. The summed E-state index contributed by atoms with van der Waals surface area (Å²) in [4.78, 5) is 2.40. The van der Waals surface area contributed by atoms with Crippen molar-refractivity contribution in [3.05, 3.63) is 35.0 Å². The average molecular weight is 264 g/mol. The molecule has 1 N–H and O–H groups in total. The molecule has 2 aromatic rings. The monoisotopic (exact) mass is 263 g/mol. The summed E-state index contributed by atoms with van der Waals surface area (Å²) in [5, 5.41) is 5.51. The second-order valence-electron chi connectivity index (χ2n) is 5.03. The molecule has 1 aromatic heterocycles. The molecule has 18 heavy (non-hydrogen) atoms. The van der Waals surface area contributed by atoms with Crippen molar-refractivity contribution in [1.82, 2.24) is 14.8 Å². The van der Waals surface area contributed by atoms with Crippen molar-refractivity contribution in [3.63, 3.8) is 0 Å². The third-order valence-corrected chi connectivity index (χ3v) is 4.18. The molecule has 1 aliphatic rings. The zero-order valence-corrected chi connectivity index (χ0v) is 11.5. The third-order valence-electron chi connectivity index (χ3n) is 3.86. The second kappa shape index (κ2) is 4.57. The van der Waals surface area contributed by atoms with E-state index in [0.29, 0.717) is 6.04 Å². The van der Waals surface area contributed by atoms with Gasteiger partial charge in [0.25, 0.3) is 0 Å². The molecular formula is C14H18ClN3. The molecule has 2 heterocycles. The van der Waals surface area contributed by atoms with Gasteiger partial charge in [-0.05, 0) is 24.7 Å². The van der Waals surface area contributed by atoms with Crippen LogP contribution in [0.3, 0.4) is 0 Å². The second-order valence-corrected chi connectivity index (χ2v) is 5.44. The van der Waals surface area contributed by atoms with Gasteiger partial charge >= 0.3 is 0 Å². The maximum absolute atomic E-state index is 6.39. The molecule has 0 bridgehead atoms. The summed E-state index contributed by atoms with van der Waals surface area (Å²) in [6, 6.07) is 6.52. The van der Waals surface area contributed by atoms with Crippen molar-refractivity contribution in [2.75, 3.05) is 26.7 Å². The average Bonchev–Trinajstić information content (AvgIpc) is 2.69. The highest BCUT2D eigenvalue weighted by Crippen LogP contribution is 2.34. The van der Waals surface area contributed by atoms with Gasteiger partial charge in [-0.15, -0.1) is 0 Å². The minimum atomic E-state index is 0.405. The van der Waals surface area contributed by atoms with E-state index in [2.05, 4.69) is 41.1 Å².